The molecular formula is C47H38F8O17. The Kier molecular flexibility index (Phi) is 24.2. The van der Waals surface area contributed by atoms with Gasteiger partial charge in [-0.15, -0.1) is 0 Å². The van der Waals surface area contributed by atoms with Crippen LogP contribution in [-0.2, 0) is 28.6 Å². The molecule has 0 radical (unpaired) electrons. The minimum absolute atomic E-state index is 0. The van der Waals surface area contributed by atoms with E-state index >= 15 is 0 Å². The number of aromatic hydroxyl groups is 2. The first-order valence-electron chi connectivity index (χ1n) is 18.5. The third-order valence-electron chi connectivity index (χ3n) is 7.85. The largest absolute Gasteiger partial charge is 0.503 e. The summed E-state index contributed by atoms with van der Waals surface area (Å²) in [6.07, 6.45) is 2.85. The number of carboxylic acid groups (broad SMARTS) is 1. The Morgan fingerprint density at radius 2 is 0.653 bits per heavy atom. The van der Waals surface area contributed by atoms with Crippen molar-refractivity contribution in [1.82, 2.24) is 0 Å². The molecule has 3 N–H and O–H groups in total. The standard InChI is InChI=1S/C28H18F4O10.C11H10O5.C6H2F4O2.2CH4/c1-3-19(33)39-13-37-17-9-5-15(6-10-17)27(35)41-25-21(29)23(31)26(24(32)22(25)30)42-28(36)16-7-11-18(12-8-16)38-14-40-20(34)4-2;1-2-10(12)16-7-15-9-5-3-8(4-6-9)11(13)14;7-1-2(8)6(12)4(10)3(9)5(1)11;;/h3-12H,1-2,13-14H2;2-6H,1,7H2,(H,13,14);11-12H;2*1H4. The number of rotatable bonds is 17. The maximum atomic E-state index is 14.6. The predicted molar refractivity (Wildman–Crippen MR) is 231 cm³/mol. The molecule has 5 aromatic rings. The van der Waals surface area contributed by atoms with E-state index in [0.29, 0.717) is 5.75 Å². The smallest absolute Gasteiger partial charge is 0.343 e. The quantitative estimate of drug-likeness (QED) is 0.0115. The van der Waals surface area contributed by atoms with E-state index in [9.17, 15) is 63.9 Å². The number of aromatic carboxylic acids is 1. The molecule has 0 amide bonds. The van der Waals surface area contributed by atoms with Gasteiger partial charge in [0.15, 0.2) is 11.5 Å². The van der Waals surface area contributed by atoms with Crippen molar-refractivity contribution >= 4 is 35.8 Å². The molecule has 0 unspecified atom stereocenters. The molecule has 5 rings (SSSR count). The number of carbonyl (C=O) groups excluding carboxylic acids is 5. The Labute approximate surface area is 401 Å². The number of hydrogen-bond donors (Lipinski definition) is 3. The average Bonchev–Trinajstić information content (AvgIpc) is 3.37. The number of phenols is 2. The zero-order valence-electron chi connectivity index (χ0n) is 35.0. The van der Waals surface area contributed by atoms with E-state index in [1.54, 1.807) is 0 Å². The lowest BCUT2D eigenvalue weighted by Crippen LogP contribution is -2.16. The van der Waals surface area contributed by atoms with Crippen molar-refractivity contribution in [3.05, 3.63) is 174 Å². The van der Waals surface area contributed by atoms with Crippen LogP contribution >= 0.6 is 0 Å². The van der Waals surface area contributed by atoms with Gasteiger partial charge in [0.05, 0.1) is 16.7 Å². The van der Waals surface area contributed by atoms with Gasteiger partial charge >= 0.3 is 35.8 Å². The molecule has 0 fully saturated rings. The zero-order chi connectivity index (χ0) is 52.2. The number of esters is 5. The molecule has 0 aliphatic heterocycles. The van der Waals surface area contributed by atoms with Crippen LogP contribution in [0.15, 0.2) is 111 Å². The first-order chi connectivity index (χ1) is 33.1. The van der Waals surface area contributed by atoms with Crippen molar-refractivity contribution < 1.29 is 117 Å². The van der Waals surface area contributed by atoms with E-state index in [-0.39, 0.29) is 49.8 Å². The third-order valence-corrected chi connectivity index (χ3v) is 7.85. The zero-order valence-corrected chi connectivity index (χ0v) is 35.0. The Morgan fingerprint density at radius 1 is 0.417 bits per heavy atom. The molecule has 0 aliphatic rings. The number of benzene rings is 5. The Morgan fingerprint density at radius 3 is 0.875 bits per heavy atom. The maximum Gasteiger partial charge on any atom is 0.343 e. The molecule has 17 nitrogen and oxygen atoms in total. The number of carboxylic acids is 1. The van der Waals surface area contributed by atoms with Crippen LogP contribution in [0.1, 0.15) is 45.9 Å². The predicted octanol–water partition coefficient (Wildman–Crippen LogP) is 9.19. The minimum Gasteiger partial charge on any atom is -0.503 e. The van der Waals surface area contributed by atoms with Crippen molar-refractivity contribution in [2.75, 3.05) is 20.4 Å². The highest BCUT2D eigenvalue weighted by Crippen LogP contribution is 2.36. The summed E-state index contributed by atoms with van der Waals surface area (Å²) in [6.45, 7) is 8.43. The van der Waals surface area contributed by atoms with Crippen LogP contribution < -0.4 is 23.7 Å². The molecule has 0 atom stereocenters. The lowest BCUT2D eigenvalue weighted by Gasteiger charge is -2.13. The fourth-order valence-corrected chi connectivity index (χ4v) is 4.39. The summed E-state index contributed by atoms with van der Waals surface area (Å²) >= 11 is 0. The van der Waals surface area contributed by atoms with Crippen LogP contribution in [0.3, 0.4) is 0 Å². The van der Waals surface area contributed by atoms with Crippen LogP contribution in [0, 0.1) is 46.5 Å². The van der Waals surface area contributed by atoms with E-state index in [1.807, 2.05) is 0 Å². The molecule has 0 heterocycles. The van der Waals surface area contributed by atoms with Gasteiger partial charge in [0.2, 0.25) is 78.4 Å². The minimum atomic E-state index is -2.15. The van der Waals surface area contributed by atoms with Crippen LogP contribution in [0.4, 0.5) is 35.1 Å². The molecule has 0 saturated heterocycles. The number of phenolic OH excluding ortho intramolecular Hbond substituents is 2. The molecule has 0 spiro atoms. The molecule has 72 heavy (non-hydrogen) atoms. The van der Waals surface area contributed by atoms with E-state index in [0.717, 1.165) is 42.5 Å². The van der Waals surface area contributed by atoms with E-state index in [1.165, 1.54) is 48.5 Å². The Hall–Kier alpha value is -9.42. The van der Waals surface area contributed by atoms with Crippen molar-refractivity contribution in [3.8, 4) is 40.2 Å². The molecule has 0 aromatic heterocycles. The fourth-order valence-electron chi connectivity index (χ4n) is 4.39. The van der Waals surface area contributed by atoms with Crippen LogP contribution in [0.5, 0.6) is 40.2 Å². The Balaban J connectivity index is 0.000000703. The summed E-state index contributed by atoms with van der Waals surface area (Å²) in [6, 6.07) is 15.0. The fraction of sp³-hybridized carbons (Fsp3) is 0.106. The second kappa shape index (κ2) is 28.8. The van der Waals surface area contributed by atoms with Gasteiger partial charge in [-0.1, -0.05) is 34.6 Å². The topological polar surface area (TPSA) is 237 Å². The first-order valence-corrected chi connectivity index (χ1v) is 18.5. The summed E-state index contributed by atoms with van der Waals surface area (Å²) in [5.41, 5.74) is -0.436. The normalized spacial score (nSPS) is 9.72. The second-order valence-electron chi connectivity index (χ2n) is 12.3. The molecule has 25 heteroatoms. The van der Waals surface area contributed by atoms with Crippen molar-refractivity contribution in [2.45, 2.75) is 14.9 Å². The molecule has 384 valence electrons. The lowest BCUT2D eigenvalue weighted by atomic mass is 10.2. The lowest BCUT2D eigenvalue weighted by molar-refractivity contribution is -0.145. The van der Waals surface area contributed by atoms with Crippen LogP contribution in [0.2, 0.25) is 0 Å². The number of halogens is 8. The van der Waals surface area contributed by atoms with Gasteiger partial charge in [0.1, 0.15) is 17.2 Å². The highest BCUT2D eigenvalue weighted by Gasteiger charge is 2.31. The van der Waals surface area contributed by atoms with E-state index in [2.05, 4.69) is 43.4 Å². The monoisotopic (exact) mass is 1030 g/mol. The summed E-state index contributed by atoms with van der Waals surface area (Å²) in [5.74, 6) is -28.9. The SMILES string of the molecule is C.C.C=CC(=O)OCOc1ccc(C(=O)O)cc1.C=CC(=O)OCOc1ccc(C(=O)Oc2c(F)c(F)c(OC(=O)c3ccc(OCOC(=O)C=C)cc3)c(F)c2F)cc1.Oc1c(F)c(F)c(O)c(F)c1F. The van der Waals surface area contributed by atoms with Crippen molar-refractivity contribution in [1.29, 1.82) is 0 Å². The summed E-state index contributed by atoms with van der Waals surface area (Å²) in [7, 11) is 0. The van der Waals surface area contributed by atoms with Gasteiger partial charge in [-0.05, 0) is 72.8 Å². The van der Waals surface area contributed by atoms with Gasteiger partial charge in [-0.25, -0.2) is 28.8 Å². The van der Waals surface area contributed by atoms with Gasteiger partial charge in [0.25, 0.3) is 0 Å². The van der Waals surface area contributed by atoms with Gasteiger partial charge in [-0.2, -0.15) is 35.1 Å². The van der Waals surface area contributed by atoms with Gasteiger partial charge < -0.3 is 53.2 Å². The van der Waals surface area contributed by atoms with Crippen molar-refractivity contribution in [3.63, 3.8) is 0 Å². The second-order valence-corrected chi connectivity index (χ2v) is 12.3. The summed E-state index contributed by atoms with van der Waals surface area (Å²) < 4.78 is 145. The van der Waals surface area contributed by atoms with Gasteiger partial charge in [-0.3, -0.25) is 0 Å². The highest BCUT2D eigenvalue weighted by atomic mass is 19.2. The third kappa shape index (κ3) is 17.0. The molecular weight excluding hydrogens is 988 g/mol. The van der Waals surface area contributed by atoms with Crippen LogP contribution in [0.25, 0.3) is 0 Å². The van der Waals surface area contributed by atoms with E-state index < -0.39 is 119 Å². The first kappa shape index (κ1) is 60.6. The number of ether oxygens (including phenoxy) is 8. The van der Waals surface area contributed by atoms with E-state index in [4.69, 9.17) is 29.5 Å². The number of hydrogen-bond acceptors (Lipinski definition) is 16. The molecule has 0 bridgehead atoms. The summed E-state index contributed by atoms with van der Waals surface area (Å²) in [5, 5.41) is 25.3. The average molecular weight is 1030 g/mol. The molecule has 0 aliphatic carbocycles. The Bertz CT molecular complexity index is 2520. The molecule has 0 saturated carbocycles. The van der Waals surface area contributed by atoms with Crippen LogP contribution in [-0.4, -0.2) is 71.5 Å². The number of carbonyl (C=O) groups is 6. The van der Waals surface area contributed by atoms with Gasteiger partial charge in [0, 0.05) is 18.2 Å². The summed E-state index contributed by atoms with van der Waals surface area (Å²) in [4.78, 5) is 67.8. The molecule has 5 aromatic carbocycles. The maximum absolute atomic E-state index is 14.6. The van der Waals surface area contributed by atoms with Crippen molar-refractivity contribution in [2.24, 2.45) is 0 Å². The highest BCUT2D eigenvalue weighted by molar-refractivity contribution is 5.92.